The maximum absolute atomic E-state index is 8.84. The van der Waals surface area contributed by atoms with Crippen molar-refractivity contribution in [3.8, 4) is 6.07 Å². The van der Waals surface area contributed by atoms with Crippen molar-refractivity contribution in [3.05, 3.63) is 22.8 Å². The minimum absolute atomic E-state index is 0.207. The largest absolute Gasteiger partial charge is 0.365 e. The quantitative estimate of drug-likeness (QED) is 0.835. The van der Waals surface area contributed by atoms with E-state index in [1.807, 2.05) is 6.07 Å². The highest BCUT2D eigenvalue weighted by Gasteiger charge is 2.30. The van der Waals surface area contributed by atoms with Gasteiger partial charge in [0, 0.05) is 18.8 Å². The Morgan fingerprint density at radius 2 is 2.44 bits per heavy atom. The summed E-state index contributed by atoms with van der Waals surface area (Å²) >= 11 is 6.05. The van der Waals surface area contributed by atoms with E-state index in [9.17, 15) is 0 Å². The molecule has 0 aliphatic heterocycles. The molecule has 4 nitrogen and oxygen atoms in total. The van der Waals surface area contributed by atoms with Gasteiger partial charge in [-0.25, -0.2) is 4.98 Å². The Hall–Kier alpha value is -1.31. The zero-order valence-electron chi connectivity index (χ0n) is 8.78. The lowest BCUT2D eigenvalue weighted by Crippen LogP contribution is -2.31. The lowest BCUT2D eigenvalue weighted by Gasteiger charge is -2.17. The van der Waals surface area contributed by atoms with Crippen LogP contribution in [0.3, 0.4) is 0 Å². The van der Waals surface area contributed by atoms with Crippen molar-refractivity contribution < 1.29 is 0 Å². The van der Waals surface area contributed by atoms with Crippen LogP contribution < -0.4 is 11.1 Å². The molecular formula is C11H13ClN4. The summed E-state index contributed by atoms with van der Waals surface area (Å²) in [6, 6.07) is 3.84. The molecule has 5 heteroatoms. The first-order chi connectivity index (χ1) is 7.76. The highest BCUT2D eigenvalue weighted by Crippen LogP contribution is 2.34. The molecule has 1 atom stereocenters. The highest BCUT2D eigenvalue weighted by molar-refractivity contribution is 6.34. The second-order valence-electron chi connectivity index (χ2n) is 3.96. The Labute approximate surface area is 99.4 Å². The van der Waals surface area contributed by atoms with Crippen molar-refractivity contribution in [2.75, 3.05) is 11.9 Å². The van der Waals surface area contributed by atoms with Gasteiger partial charge in [0.25, 0.3) is 0 Å². The number of nitrogens with one attached hydrogen (secondary N) is 1. The highest BCUT2D eigenvalue weighted by atomic mass is 35.5. The van der Waals surface area contributed by atoms with Crippen LogP contribution in [0.5, 0.6) is 0 Å². The molecule has 2 rings (SSSR count). The molecular weight excluding hydrogens is 224 g/mol. The summed E-state index contributed by atoms with van der Waals surface area (Å²) in [6.45, 7) is 0.555. The van der Waals surface area contributed by atoms with Crippen molar-refractivity contribution >= 4 is 17.4 Å². The predicted molar refractivity (Wildman–Crippen MR) is 63.2 cm³/mol. The van der Waals surface area contributed by atoms with Crippen LogP contribution in [0.2, 0.25) is 5.02 Å². The molecule has 0 radical (unpaired) electrons. The number of rotatable bonds is 4. The van der Waals surface area contributed by atoms with Gasteiger partial charge >= 0.3 is 0 Å². The Kier molecular flexibility index (Phi) is 3.28. The lowest BCUT2D eigenvalue weighted by molar-refractivity contribution is 0.642. The minimum atomic E-state index is 0.207. The van der Waals surface area contributed by atoms with E-state index in [0.717, 1.165) is 0 Å². The van der Waals surface area contributed by atoms with Crippen molar-refractivity contribution in [3.63, 3.8) is 0 Å². The van der Waals surface area contributed by atoms with Crippen molar-refractivity contribution in [2.45, 2.75) is 18.9 Å². The molecule has 84 valence electrons. The Morgan fingerprint density at radius 1 is 1.69 bits per heavy atom. The average molecular weight is 237 g/mol. The summed E-state index contributed by atoms with van der Waals surface area (Å²) in [5.74, 6) is 1.18. The standard InChI is InChI=1S/C11H13ClN4/c12-10-8(5-13)3-4-15-11(10)16-9(6-14)7-1-2-7/h3-4,7,9H,1-2,6,14H2,(H,15,16). The van der Waals surface area contributed by atoms with Crippen LogP contribution in [0.25, 0.3) is 0 Å². The summed E-state index contributed by atoms with van der Waals surface area (Å²) in [4.78, 5) is 4.14. The van der Waals surface area contributed by atoms with Gasteiger partial charge in [0.2, 0.25) is 0 Å². The third kappa shape index (κ3) is 2.26. The zero-order chi connectivity index (χ0) is 11.5. The van der Waals surface area contributed by atoms with Crippen LogP contribution in [0.4, 0.5) is 5.82 Å². The van der Waals surface area contributed by atoms with Crippen molar-refractivity contribution in [2.24, 2.45) is 11.7 Å². The second kappa shape index (κ2) is 4.69. The van der Waals surface area contributed by atoms with Gasteiger partial charge in [0.15, 0.2) is 0 Å². The fraction of sp³-hybridized carbons (Fsp3) is 0.455. The van der Waals surface area contributed by atoms with E-state index in [0.29, 0.717) is 28.9 Å². The molecule has 1 saturated carbocycles. The van der Waals surface area contributed by atoms with Gasteiger partial charge in [0.05, 0.1) is 5.56 Å². The number of nitrogens with two attached hydrogens (primary N) is 1. The summed E-state index contributed by atoms with van der Waals surface area (Å²) in [5, 5.41) is 12.4. The fourth-order valence-corrected chi connectivity index (χ4v) is 1.88. The smallest absolute Gasteiger partial charge is 0.146 e. The normalized spacial score (nSPS) is 16.6. The number of aromatic nitrogens is 1. The van der Waals surface area contributed by atoms with E-state index >= 15 is 0 Å². The SMILES string of the molecule is N#Cc1ccnc(NC(CN)C2CC2)c1Cl. The molecule has 1 fully saturated rings. The van der Waals surface area contributed by atoms with Crippen molar-refractivity contribution in [1.82, 2.24) is 4.98 Å². The van der Waals surface area contributed by atoms with Crippen LogP contribution in [0.1, 0.15) is 18.4 Å². The van der Waals surface area contributed by atoms with Gasteiger partial charge in [-0.1, -0.05) is 11.6 Å². The summed E-state index contributed by atoms with van der Waals surface area (Å²) < 4.78 is 0. The number of hydrogen-bond acceptors (Lipinski definition) is 4. The van der Waals surface area contributed by atoms with Crippen molar-refractivity contribution in [1.29, 1.82) is 5.26 Å². The third-order valence-corrected chi connectivity index (χ3v) is 3.16. The van der Waals surface area contributed by atoms with Crippen LogP contribution in [0.15, 0.2) is 12.3 Å². The van der Waals surface area contributed by atoms with E-state index in [1.54, 1.807) is 12.3 Å². The van der Waals surface area contributed by atoms with Gasteiger partial charge in [-0.3, -0.25) is 0 Å². The molecule has 1 aromatic heterocycles. The molecule has 1 aromatic rings. The van der Waals surface area contributed by atoms with E-state index in [4.69, 9.17) is 22.6 Å². The van der Waals surface area contributed by atoms with Crippen LogP contribution in [-0.2, 0) is 0 Å². The molecule has 0 saturated heterocycles. The molecule has 1 aliphatic rings. The van der Waals surface area contributed by atoms with E-state index in [1.165, 1.54) is 12.8 Å². The first kappa shape index (κ1) is 11.2. The lowest BCUT2D eigenvalue weighted by atomic mass is 10.2. The number of nitrogens with zero attached hydrogens (tertiary/aromatic N) is 2. The number of hydrogen-bond donors (Lipinski definition) is 2. The Balaban J connectivity index is 2.17. The predicted octanol–water partition coefficient (Wildman–Crippen LogP) is 1.76. The van der Waals surface area contributed by atoms with Gasteiger partial charge in [-0.15, -0.1) is 0 Å². The second-order valence-corrected chi connectivity index (χ2v) is 4.33. The summed E-state index contributed by atoms with van der Waals surface area (Å²) in [6.07, 6.45) is 3.97. The Morgan fingerprint density at radius 3 is 3.00 bits per heavy atom. The number of anilines is 1. The third-order valence-electron chi connectivity index (χ3n) is 2.78. The van der Waals surface area contributed by atoms with Gasteiger partial charge in [-0.2, -0.15) is 5.26 Å². The molecule has 0 spiro atoms. The first-order valence-corrected chi connectivity index (χ1v) is 5.65. The number of pyridine rings is 1. The molecule has 1 unspecified atom stereocenters. The van der Waals surface area contributed by atoms with Crippen LogP contribution >= 0.6 is 11.6 Å². The molecule has 3 N–H and O–H groups in total. The number of halogens is 1. The molecule has 16 heavy (non-hydrogen) atoms. The van der Waals surface area contributed by atoms with Crippen LogP contribution in [-0.4, -0.2) is 17.6 Å². The molecule has 1 heterocycles. The van der Waals surface area contributed by atoms with Crippen LogP contribution in [0, 0.1) is 17.2 Å². The van der Waals surface area contributed by atoms with E-state index < -0.39 is 0 Å². The molecule has 0 amide bonds. The summed E-state index contributed by atoms with van der Waals surface area (Å²) in [5.41, 5.74) is 6.12. The van der Waals surface area contributed by atoms with E-state index in [-0.39, 0.29) is 6.04 Å². The summed E-state index contributed by atoms with van der Waals surface area (Å²) in [7, 11) is 0. The minimum Gasteiger partial charge on any atom is -0.365 e. The van der Waals surface area contributed by atoms with Gasteiger partial charge in [-0.05, 0) is 24.8 Å². The monoisotopic (exact) mass is 236 g/mol. The molecule has 0 aromatic carbocycles. The fourth-order valence-electron chi connectivity index (χ4n) is 1.67. The maximum atomic E-state index is 8.84. The van der Waals surface area contributed by atoms with Gasteiger partial charge < -0.3 is 11.1 Å². The van der Waals surface area contributed by atoms with Gasteiger partial charge in [0.1, 0.15) is 16.9 Å². The zero-order valence-corrected chi connectivity index (χ0v) is 9.54. The molecule has 0 bridgehead atoms. The first-order valence-electron chi connectivity index (χ1n) is 5.27. The topological polar surface area (TPSA) is 74.7 Å². The molecule has 1 aliphatic carbocycles. The Bertz CT molecular complexity index is 422. The number of nitriles is 1. The maximum Gasteiger partial charge on any atom is 0.146 e. The average Bonchev–Trinajstić information content (AvgIpc) is 3.12. The van der Waals surface area contributed by atoms with E-state index in [2.05, 4.69) is 10.3 Å².